The van der Waals surface area contributed by atoms with Crippen molar-refractivity contribution in [1.82, 2.24) is 0 Å². The van der Waals surface area contributed by atoms with Gasteiger partial charge in [-0.15, -0.1) is 0 Å². The minimum Gasteiger partial charge on any atom is -0.394 e. The maximum Gasteiger partial charge on any atom is 0.103 e. The first-order valence-corrected chi connectivity index (χ1v) is 10.2. The smallest absolute Gasteiger partial charge is 0.103 e. The molecule has 144 valence electrons. The van der Waals surface area contributed by atoms with Crippen LogP contribution in [-0.2, 0) is 11.2 Å². The SMILES string of the molecule is CCCCCCCCC(CC)COC(Cc1ccccc1)C(O)CO. The fraction of sp³-hybridized carbons (Fsp3) is 0.727. The molecule has 0 radical (unpaired) electrons. The van der Waals surface area contributed by atoms with Gasteiger partial charge in [0.1, 0.15) is 6.10 Å². The summed E-state index contributed by atoms with van der Waals surface area (Å²) in [5.41, 5.74) is 1.13. The second-order valence-corrected chi connectivity index (χ2v) is 7.14. The van der Waals surface area contributed by atoms with E-state index in [4.69, 9.17) is 4.74 Å². The van der Waals surface area contributed by atoms with Crippen LogP contribution < -0.4 is 0 Å². The summed E-state index contributed by atoms with van der Waals surface area (Å²) in [6, 6.07) is 10.0. The Hall–Kier alpha value is -0.900. The molecule has 3 atom stereocenters. The van der Waals surface area contributed by atoms with Gasteiger partial charge in [-0.3, -0.25) is 0 Å². The second kappa shape index (κ2) is 14.3. The van der Waals surface area contributed by atoms with E-state index in [1.165, 1.54) is 44.9 Å². The van der Waals surface area contributed by atoms with Gasteiger partial charge in [-0.05, 0) is 17.9 Å². The molecule has 0 aromatic heterocycles. The van der Waals surface area contributed by atoms with Crippen molar-refractivity contribution in [2.75, 3.05) is 13.2 Å². The van der Waals surface area contributed by atoms with Crippen molar-refractivity contribution in [3.8, 4) is 0 Å². The summed E-state index contributed by atoms with van der Waals surface area (Å²) in [6.45, 7) is 4.86. The third-order valence-electron chi connectivity index (χ3n) is 4.99. The lowest BCUT2D eigenvalue weighted by Crippen LogP contribution is -2.35. The monoisotopic (exact) mass is 350 g/mol. The number of aliphatic hydroxyl groups is 2. The molecule has 3 unspecified atom stereocenters. The average Bonchev–Trinajstić information content (AvgIpc) is 2.66. The van der Waals surface area contributed by atoms with Gasteiger partial charge < -0.3 is 14.9 Å². The first-order chi connectivity index (χ1) is 12.2. The van der Waals surface area contributed by atoms with Crippen molar-refractivity contribution in [2.24, 2.45) is 5.92 Å². The molecule has 3 heteroatoms. The minimum absolute atomic E-state index is 0.258. The number of aliphatic hydroxyl groups excluding tert-OH is 2. The first-order valence-electron chi connectivity index (χ1n) is 10.2. The molecule has 0 bridgehead atoms. The molecule has 0 spiro atoms. The number of ether oxygens (including phenoxy) is 1. The topological polar surface area (TPSA) is 49.7 Å². The molecular formula is C22H38O3. The zero-order valence-electron chi connectivity index (χ0n) is 16.2. The number of hydrogen-bond donors (Lipinski definition) is 2. The van der Waals surface area contributed by atoms with Gasteiger partial charge in [0.05, 0.1) is 12.7 Å². The molecule has 1 aromatic carbocycles. The molecule has 0 aliphatic heterocycles. The molecule has 0 saturated heterocycles. The average molecular weight is 351 g/mol. The fourth-order valence-corrected chi connectivity index (χ4v) is 3.15. The Labute approximate surface area is 154 Å². The van der Waals surface area contributed by atoms with E-state index in [1.54, 1.807) is 0 Å². The van der Waals surface area contributed by atoms with Crippen molar-refractivity contribution in [3.63, 3.8) is 0 Å². The number of benzene rings is 1. The third kappa shape index (κ3) is 9.98. The quantitative estimate of drug-likeness (QED) is 0.449. The van der Waals surface area contributed by atoms with Crippen LogP contribution in [0.1, 0.15) is 70.8 Å². The molecule has 0 saturated carbocycles. The standard InChI is InChI=1S/C22H38O3/c1-3-5-6-7-8-10-13-19(4-2)18-25-22(21(24)17-23)16-20-14-11-9-12-15-20/h9,11-12,14-15,19,21-24H,3-8,10,13,16-18H2,1-2H3. The molecule has 0 heterocycles. The molecule has 0 aliphatic carbocycles. The maximum atomic E-state index is 10.1. The lowest BCUT2D eigenvalue weighted by Gasteiger charge is -2.25. The fourth-order valence-electron chi connectivity index (χ4n) is 3.15. The molecular weight excluding hydrogens is 312 g/mol. The van der Waals surface area contributed by atoms with E-state index in [0.29, 0.717) is 18.9 Å². The Bertz CT molecular complexity index is 407. The maximum absolute atomic E-state index is 10.1. The van der Waals surface area contributed by atoms with Gasteiger partial charge in [0, 0.05) is 13.0 Å². The highest BCUT2D eigenvalue weighted by atomic mass is 16.5. The van der Waals surface area contributed by atoms with Crippen LogP contribution in [0.5, 0.6) is 0 Å². The summed E-state index contributed by atoms with van der Waals surface area (Å²) in [6.07, 6.45) is 9.66. The highest BCUT2D eigenvalue weighted by Crippen LogP contribution is 2.18. The summed E-state index contributed by atoms with van der Waals surface area (Å²) >= 11 is 0. The van der Waals surface area contributed by atoms with Crippen LogP contribution in [0.25, 0.3) is 0 Å². The van der Waals surface area contributed by atoms with Gasteiger partial charge in [-0.2, -0.15) is 0 Å². The van der Waals surface area contributed by atoms with E-state index < -0.39 is 6.10 Å². The normalized spacial score (nSPS) is 15.0. The highest BCUT2D eigenvalue weighted by molar-refractivity contribution is 5.15. The van der Waals surface area contributed by atoms with Gasteiger partial charge in [-0.1, -0.05) is 89.1 Å². The summed E-state index contributed by atoms with van der Waals surface area (Å²) in [7, 11) is 0. The molecule has 25 heavy (non-hydrogen) atoms. The number of hydrogen-bond acceptors (Lipinski definition) is 3. The highest BCUT2D eigenvalue weighted by Gasteiger charge is 2.21. The van der Waals surface area contributed by atoms with E-state index in [9.17, 15) is 10.2 Å². The van der Waals surface area contributed by atoms with Crippen LogP contribution in [0.4, 0.5) is 0 Å². The first kappa shape index (κ1) is 22.1. The largest absolute Gasteiger partial charge is 0.394 e. The third-order valence-corrected chi connectivity index (χ3v) is 4.99. The summed E-state index contributed by atoms with van der Waals surface area (Å²) in [5.74, 6) is 0.537. The Kier molecular flexibility index (Phi) is 12.7. The number of unbranched alkanes of at least 4 members (excludes halogenated alkanes) is 5. The zero-order chi connectivity index (χ0) is 18.3. The molecule has 0 aliphatic rings. The van der Waals surface area contributed by atoms with Crippen molar-refractivity contribution in [2.45, 2.75) is 83.8 Å². The van der Waals surface area contributed by atoms with Gasteiger partial charge in [0.25, 0.3) is 0 Å². The van der Waals surface area contributed by atoms with Gasteiger partial charge in [0.2, 0.25) is 0 Å². The predicted octanol–water partition coefficient (Wildman–Crippen LogP) is 4.74. The zero-order valence-corrected chi connectivity index (χ0v) is 16.2. The number of rotatable bonds is 15. The Morgan fingerprint density at radius 2 is 1.64 bits per heavy atom. The van der Waals surface area contributed by atoms with Gasteiger partial charge in [-0.25, -0.2) is 0 Å². The van der Waals surface area contributed by atoms with Crippen molar-refractivity contribution in [1.29, 1.82) is 0 Å². The van der Waals surface area contributed by atoms with E-state index in [0.717, 1.165) is 12.0 Å². The van der Waals surface area contributed by atoms with Gasteiger partial charge in [0.15, 0.2) is 0 Å². The molecule has 0 amide bonds. The molecule has 3 nitrogen and oxygen atoms in total. The van der Waals surface area contributed by atoms with Crippen molar-refractivity contribution < 1.29 is 14.9 Å². The van der Waals surface area contributed by atoms with Gasteiger partial charge >= 0.3 is 0 Å². The molecule has 1 aromatic rings. The summed E-state index contributed by atoms with van der Waals surface area (Å²) < 4.78 is 6.04. The minimum atomic E-state index is -0.827. The molecule has 0 fully saturated rings. The van der Waals surface area contributed by atoms with E-state index in [1.807, 2.05) is 30.3 Å². The Morgan fingerprint density at radius 3 is 2.28 bits per heavy atom. The Morgan fingerprint density at radius 1 is 0.960 bits per heavy atom. The summed E-state index contributed by atoms with van der Waals surface area (Å²) in [4.78, 5) is 0. The van der Waals surface area contributed by atoms with Crippen LogP contribution in [-0.4, -0.2) is 35.6 Å². The summed E-state index contributed by atoms with van der Waals surface area (Å²) in [5, 5.41) is 19.4. The van der Waals surface area contributed by atoms with Crippen LogP contribution >= 0.6 is 0 Å². The van der Waals surface area contributed by atoms with Crippen LogP contribution in [0.15, 0.2) is 30.3 Å². The lowest BCUT2D eigenvalue weighted by molar-refractivity contribution is -0.0679. The second-order valence-electron chi connectivity index (χ2n) is 7.14. The molecule has 1 rings (SSSR count). The Balaban J connectivity index is 2.36. The van der Waals surface area contributed by atoms with E-state index in [2.05, 4.69) is 13.8 Å². The van der Waals surface area contributed by atoms with E-state index in [-0.39, 0.29) is 12.7 Å². The van der Waals surface area contributed by atoms with Crippen LogP contribution in [0.2, 0.25) is 0 Å². The van der Waals surface area contributed by atoms with Crippen molar-refractivity contribution in [3.05, 3.63) is 35.9 Å². The van der Waals surface area contributed by atoms with Crippen LogP contribution in [0.3, 0.4) is 0 Å². The van der Waals surface area contributed by atoms with E-state index >= 15 is 0 Å². The van der Waals surface area contributed by atoms with Crippen molar-refractivity contribution >= 4 is 0 Å². The lowest BCUT2D eigenvalue weighted by atomic mass is 9.98. The predicted molar refractivity (Wildman–Crippen MR) is 105 cm³/mol. The molecule has 2 N–H and O–H groups in total. The van der Waals surface area contributed by atoms with Crippen LogP contribution in [0, 0.1) is 5.92 Å².